The maximum Gasteiger partial charge on any atom is 0.250 e. The first-order valence-electron chi connectivity index (χ1n) is 12.5. The standard InChI is InChI=1S/C27H30BrN3O7/c1-3-37-18-10-6-15(7-11-18)29-24(33)20-21-26(35)31(12-13-32)23(27(21)14-19(28)22(20)38-27)25(34)30-16-4-8-17(36-2)9-5-16/h4-11,19-23,32H,3,12-14H2,1-2H3,(H,29,33)(H,30,34)/t19?,20-,21+,22-,23?,27?/m1/s1. The molecular weight excluding hydrogens is 558 g/mol. The number of rotatable bonds is 9. The zero-order valence-electron chi connectivity index (χ0n) is 21.1. The molecule has 11 heteroatoms. The van der Waals surface area contributed by atoms with Crippen LogP contribution in [0.3, 0.4) is 0 Å². The Hall–Kier alpha value is -3.15. The van der Waals surface area contributed by atoms with Crippen molar-refractivity contribution < 1.29 is 33.7 Å². The quantitative estimate of drug-likeness (QED) is 0.384. The normalized spacial score (nSPS) is 29.2. The zero-order chi connectivity index (χ0) is 27.0. The number of ether oxygens (including phenoxy) is 3. The number of hydrogen-bond acceptors (Lipinski definition) is 7. The average molecular weight is 588 g/mol. The Morgan fingerprint density at radius 1 is 1.08 bits per heavy atom. The van der Waals surface area contributed by atoms with E-state index in [2.05, 4.69) is 26.6 Å². The van der Waals surface area contributed by atoms with Crippen molar-refractivity contribution in [3.8, 4) is 11.5 Å². The number of β-amino-alcohol motifs (C(OH)–C–C–N with tert-alkyl or cyclic N) is 1. The van der Waals surface area contributed by atoms with E-state index in [4.69, 9.17) is 14.2 Å². The lowest BCUT2D eigenvalue weighted by Crippen LogP contribution is -2.54. The van der Waals surface area contributed by atoms with Crippen LogP contribution in [0.2, 0.25) is 0 Å². The van der Waals surface area contributed by atoms with Gasteiger partial charge in [-0.25, -0.2) is 0 Å². The number of likely N-dealkylation sites (tertiary alicyclic amines) is 1. The number of aliphatic hydroxyl groups is 1. The SMILES string of the molecule is CCOc1ccc(NC(=O)[C@H]2[C@@H]3OC4(CC3Br)C(C(=O)Nc3ccc(OC)cc3)N(CCO)C(=O)[C@H]24)cc1. The van der Waals surface area contributed by atoms with Gasteiger partial charge in [0, 0.05) is 22.7 Å². The van der Waals surface area contributed by atoms with Crippen LogP contribution in [0.15, 0.2) is 48.5 Å². The number of nitrogens with zero attached hydrogens (tertiary/aromatic N) is 1. The van der Waals surface area contributed by atoms with Gasteiger partial charge in [0.2, 0.25) is 17.7 Å². The van der Waals surface area contributed by atoms with Crippen LogP contribution in [0.5, 0.6) is 11.5 Å². The molecule has 0 aromatic heterocycles. The van der Waals surface area contributed by atoms with E-state index in [1.165, 1.54) is 4.90 Å². The smallest absolute Gasteiger partial charge is 0.250 e. The van der Waals surface area contributed by atoms with Gasteiger partial charge >= 0.3 is 0 Å². The van der Waals surface area contributed by atoms with Gasteiger partial charge in [-0.1, -0.05) is 15.9 Å². The van der Waals surface area contributed by atoms with Gasteiger partial charge in [-0.3, -0.25) is 14.4 Å². The molecule has 6 atom stereocenters. The fourth-order valence-corrected chi connectivity index (χ4v) is 6.93. The number of nitrogens with one attached hydrogen (secondary N) is 2. The van der Waals surface area contributed by atoms with Crippen molar-refractivity contribution in [1.82, 2.24) is 4.90 Å². The summed E-state index contributed by atoms with van der Waals surface area (Å²) in [6.45, 7) is 2.04. The monoisotopic (exact) mass is 587 g/mol. The van der Waals surface area contributed by atoms with Gasteiger partial charge in [0.25, 0.3) is 0 Å². The second kappa shape index (κ2) is 10.5. The largest absolute Gasteiger partial charge is 0.497 e. The molecule has 1 spiro atoms. The molecule has 38 heavy (non-hydrogen) atoms. The lowest BCUT2D eigenvalue weighted by atomic mass is 9.70. The first kappa shape index (κ1) is 26.5. The van der Waals surface area contributed by atoms with Gasteiger partial charge < -0.3 is 34.9 Å². The average Bonchev–Trinajstić information content (AvgIpc) is 3.49. The number of halogens is 1. The highest BCUT2D eigenvalue weighted by atomic mass is 79.9. The van der Waals surface area contributed by atoms with Gasteiger partial charge in [-0.05, 0) is 61.9 Å². The van der Waals surface area contributed by atoms with Crippen LogP contribution >= 0.6 is 15.9 Å². The van der Waals surface area contributed by atoms with E-state index < -0.39 is 35.5 Å². The Bertz CT molecular complexity index is 1210. The number of carbonyl (C=O) groups excluding carboxylic acids is 3. The number of amides is 3. The molecule has 3 unspecified atom stereocenters. The highest BCUT2D eigenvalue weighted by Gasteiger charge is 2.76. The lowest BCUT2D eigenvalue weighted by molar-refractivity contribution is -0.140. The fraction of sp³-hybridized carbons (Fsp3) is 0.444. The van der Waals surface area contributed by atoms with E-state index in [1.54, 1.807) is 55.6 Å². The minimum Gasteiger partial charge on any atom is -0.497 e. The molecule has 5 rings (SSSR count). The molecule has 2 aromatic carbocycles. The molecule has 3 aliphatic heterocycles. The third-order valence-electron chi connectivity index (χ3n) is 7.47. The molecule has 0 aliphatic carbocycles. The van der Waals surface area contributed by atoms with E-state index >= 15 is 0 Å². The molecule has 202 valence electrons. The number of anilines is 2. The number of hydrogen-bond donors (Lipinski definition) is 3. The second-order valence-corrected chi connectivity index (χ2v) is 10.8. The van der Waals surface area contributed by atoms with Crippen LogP contribution < -0.4 is 20.1 Å². The maximum absolute atomic E-state index is 13.7. The number of benzene rings is 2. The topological polar surface area (TPSA) is 126 Å². The van der Waals surface area contributed by atoms with E-state index in [1.807, 2.05) is 6.92 Å². The molecule has 3 fully saturated rings. The Morgan fingerprint density at radius 3 is 2.26 bits per heavy atom. The van der Waals surface area contributed by atoms with E-state index in [-0.39, 0.29) is 29.8 Å². The minimum absolute atomic E-state index is 0.0496. The summed E-state index contributed by atoms with van der Waals surface area (Å²) in [4.78, 5) is 42.1. The molecule has 3 saturated heterocycles. The number of carbonyl (C=O) groups is 3. The van der Waals surface area contributed by atoms with Gasteiger partial charge in [-0.2, -0.15) is 0 Å². The van der Waals surface area contributed by atoms with Gasteiger partial charge in [0.05, 0.1) is 38.3 Å². The summed E-state index contributed by atoms with van der Waals surface area (Å²) < 4.78 is 17.1. The molecule has 2 aromatic rings. The Kier molecular flexibility index (Phi) is 7.34. The molecule has 0 radical (unpaired) electrons. The number of alkyl halides is 1. The Labute approximate surface area is 228 Å². The minimum atomic E-state index is -1.21. The van der Waals surface area contributed by atoms with Gasteiger partial charge in [0.1, 0.15) is 23.1 Å². The number of aliphatic hydroxyl groups excluding tert-OH is 1. The molecule has 3 heterocycles. The predicted octanol–water partition coefficient (Wildman–Crippen LogP) is 2.41. The molecule has 3 amide bonds. The van der Waals surface area contributed by atoms with Crippen molar-refractivity contribution in [3.63, 3.8) is 0 Å². The summed E-state index contributed by atoms with van der Waals surface area (Å²) in [5.74, 6) is -1.52. The summed E-state index contributed by atoms with van der Waals surface area (Å²) in [6.07, 6.45) is -0.206. The van der Waals surface area contributed by atoms with E-state index in [0.717, 1.165) is 0 Å². The van der Waals surface area contributed by atoms with Crippen molar-refractivity contribution in [2.45, 2.75) is 35.9 Å². The summed E-state index contributed by atoms with van der Waals surface area (Å²) in [7, 11) is 1.55. The summed E-state index contributed by atoms with van der Waals surface area (Å²) >= 11 is 3.64. The second-order valence-electron chi connectivity index (χ2n) is 9.58. The molecular formula is C27H30BrN3O7. The van der Waals surface area contributed by atoms with Gasteiger partial charge in [-0.15, -0.1) is 0 Å². The lowest BCUT2D eigenvalue weighted by Gasteiger charge is -2.34. The third kappa shape index (κ3) is 4.42. The third-order valence-corrected chi connectivity index (χ3v) is 8.32. The van der Waals surface area contributed by atoms with Gasteiger partial charge in [0.15, 0.2) is 0 Å². The molecule has 3 aliphatic rings. The Morgan fingerprint density at radius 2 is 1.68 bits per heavy atom. The molecule has 2 bridgehead atoms. The van der Waals surface area contributed by atoms with Crippen molar-refractivity contribution in [2.75, 3.05) is 37.5 Å². The first-order valence-corrected chi connectivity index (χ1v) is 13.5. The highest BCUT2D eigenvalue weighted by molar-refractivity contribution is 9.09. The van der Waals surface area contributed by atoms with Crippen LogP contribution in [0.25, 0.3) is 0 Å². The summed E-state index contributed by atoms with van der Waals surface area (Å²) in [5, 5.41) is 15.5. The maximum atomic E-state index is 13.7. The summed E-state index contributed by atoms with van der Waals surface area (Å²) in [6, 6.07) is 12.8. The molecule has 3 N–H and O–H groups in total. The van der Waals surface area contributed by atoms with E-state index in [0.29, 0.717) is 35.9 Å². The number of methoxy groups -OCH3 is 1. The first-order chi connectivity index (χ1) is 18.3. The Balaban J connectivity index is 1.42. The molecule has 0 saturated carbocycles. The predicted molar refractivity (Wildman–Crippen MR) is 142 cm³/mol. The summed E-state index contributed by atoms with van der Waals surface area (Å²) in [5.41, 5.74) is -0.115. The zero-order valence-corrected chi connectivity index (χ0v) is 22.6. The van der Waals surface area contributed by atoms with Crippen molar-refractivity contribution in [1.29, 1.82) is 0 Å². The van der Waals surface area contributed by atoms with E-state index in [9.17, 15) is 19.5 Å². The van der Waals surface area contributed by atoms with Crippen molar-refractivity contribution in [3.05, 3.63) is 48.5 Å². The van der Waals surface area contributed by atoms with Crippen LogP contribution in [0.4, 0.5) is 11.4 Å². The van der Waals surface area contributed by atoms with Crippen LogP contribution in [-0.4, -0.2) is 77.2 Å². The van der Waals surface area contributed by atoms with Crippen LogP contribution in [0, 0.1) is 11.8 Å². The molecule has 10 nitrogen and oxygen atoms in total. The van der Waals surface area contributed by atoms with Crippen LogP contribution in [-0.2, 0) is 19.1 Å². The van der Waals surface area contributed by atoms with Crippen LogP contribution in [0.1, 0.15) is 13.3 Å². The van der Waals surface area contributed by atoms with Crippen molar-refractivity contribution in [2.24, 2.45) is 11.8 Å². The number of fused-ring (bicyclic) bond motifs is 1. The van der Waals surface area contributed by atoms with Crippen molar-refractivity contribution >= 4 is 45.0 Å². The fourth-order valence-electron chi connectivity index (χ4n) is 5.99. The highest BCUT2D eigenvalue weighted by Crippen LogP contribution is 2.60.